The fourth-order valence-corrected chi connectivity index (χ4v) is 3.97. The van der Waals surface area contributed by atoms with Crippen LogP contribution in [0.3, 0.4) is 0 Å². The molecule has 1 aliphatic carbocycles. The molecule has 1 aromatic rings. The molecule has 2 atom stereocenters. The van der Waals surface area contributed by atoms with E-state index >= 15 is 0 Å². The SMILES string of the molecule is COC1CCC(NS(=O)(=O)c2ccc(CCCN)cc2)C1. The van der Waals surface area contributed by atoms with Gasteiger partial charge in [-0.2, -0.15) is 0 Å². The first kappa shape index (κ1) is 16.4. The number of sulfonamides is 1. The average Bonchev–Trinajstić information content (AvgIpc) is 2.92. The Bertz CT molecular complexity index is 543. The van der Waals surface area contributed by atoms with Gasteiger partial charge < -0.3 is 10.5 Å². The zero-order valence-corrected chi connectivity index (χ0v) is 13.2. The second-order valence-corrected chi connectivity index (χ2v) is 7.24. The minimum atomic E-state index is -3.44. The van der Waals surface area contributed by atoms with E-state index in [2.05, 4.69) is 4.72 Å². The van der Waals surface area contributed by atoms with Crippen LogP contribution < -0.4 is 10.5 Å². The Hall–Kier alpha value is -0.950. The van der Waals surface area contributed by atoms with Gasteiger partial charge in [0.25, 0.3) is 0 Å². The molecule has 0 amide bonds. The van der Waals surface area contributed by atoms with Gasteiger partial charge in [0, 0.05) is 13.2 Å². The summed E-state index contributed by atoms with van der Waals surface area (Å²) in [6, 6.07) is 7.01. The third-order valence-electron chi connectivity index (χ3n) is 3.94. The zero-order valence-electron chi connectivity index (χ0n) is 12.4. The predicted octanol–water partition coefficient (Wildman–Crippen LogP) is 1.42. The lowest BCUT2D eigenvalue weighted by molar-refractivity contribution is 0.107. The lowest BCUT2D eigenvalue weighted by atomic mass is 10.1. The molecule has 0 aliphatic heterocycles. The third-order valence-corrected chi connectivity index (χ3v) is 5.48. The molecule has 6 heteroatoms. The number of hydrogen-bond acceptors (Lipinski definition) is 4. The normalized spacial score (nSPS) is 22.6. The Kier molecular flexibility index (Phi) is 5.75. The van der Waals surface area contributed by atoms with E-state index in [1.165, 1.54) is 0 Å². The van der Waals surface area contributed by atoms with Crippen LogP contribution >= 0.6 is 0 Å². The van der Waals surface area contributed by atoms with E-state index < -0.39 is 10.0 Å². The van der Waals surface area contributed by atoms with E-state index in [1.54, 1.807) is 19.2 Å². The minimum Gasteiger partial charge on any atom is -0.381 e. The molecule has 2 unspecified atom stereocenters. The lowest BCUT2D eigenvalue weighted by Gasteiger charge is -2.13. The summed E-state index contributed by atoms with van der Waals surface area (Å²) in [5.74, 6) is 0. The Balaban J connectivity index is 1.99. The number of hydrogen-bond donors (Lipinski definition) is 2. The van der Waals surface area contributed by atoms with Crippen molar-refractivity contribution in [2.24, 2.45) is 5.73 Å². The molecule has 0 saturated heterocycles. The van der Waals surface area contributed by atoms with Gasteiger partial charge in [0.05, 0.1) is 11.0 Å². The second kappa shape index (κ2) is 7.35. The van der Waals surface area contributed by atoms with Gasteiger partial charge in [0.2, 0.25) is 10.0 Å². The number of rotatable bonds is 7. The maximum absolute atomic E-state index is 12.3. The van der Waals surface area contributed by atoms with Crippen LogP contribution in [0.1, 0.15) is 31.2 Å². The monoisotopic (exact) mass is 312 g/mol. The van der Waals surface area contributed by atoms with Crippen LogP contribution in [0.15, 0.2) is 29.2 Å². The molecule has 2 rings (SSSR count). The largest absolute Gasteiger partial charge is 0.381 e. The van der Waals surface area contributed by atoms with Crippen molar-refractivity contribution in [3.63, 3.8) is 0 Å². The Morgan fingerprint density at radius 1 is 1.29 bits per heavy atom. The second-order valence-electron chi connectivity index (χ2n) is 5.53. The van der Waals surface area contributed by atoms with Crippen molar-refractivity contribution in [2.45, 2.75) is 49.1 Å². The highest BCUT2D eigenvalue weighted by Gasteiger charge is 2.28. The molecular weight excluding hydrogens is 288 g/mol. The molecule has 0 spiro atoms. The standard InChI is InChI=1S/C15H24N2O3S/c1-20-14-7-6-13(11-14)17-21(18,19)15-8-4-12(5-9-15)3-2-10-16/h4-5,8-9,13-14,17H,2-3,6-7,10-11,16H2,1H3. The molecule has 5 nitrogen and oxygen atoms in total. The summed E-state index contributed by atoms with van der Waals surface area (Å²) in [6.45, 7) is 0.643. The van der Waals surface area contributed by atoms with Crippen molar-refractivity contribution in [1.82, 2.24) is 4.72 Å². The lowest BCUT2D eigenvalue weighted by Crippen LogP contribution is -2.33. The molecule has 21 heavy (non-hydrogen) atoms. The van der Waals surface area contributed by atoms with Crippen LogP contribution in [0.25, 0.3) is 0 Å². The van der Waals surface area contributed by atoms with Crippen molar-refractivity contribution in [3.05, 3.63) is 29.8 Å². The van der Waals surface area contributed by atoms with Crippen LogP contribution in [0, 0.1) is 0 Å². The summed E-state index contributed by atoms with van der Waals surface area (Å²) >= 11 is 0. The van der Waals surface area contributed by atoms with E-state index in [1.807, 2.05) is 12.1 Å². The first-order valence-corrected chi connectivity index (χ1v) is 8.87. The van der Waals surface area contributed by atoms with E-state index in [0.717, 1.165) is 37.7 Å². The Labute approximate surface area is 126 Å². The Morgan fingerprint density at radius 2 is 2.00 bits per heavy atom. The third kappa shape index (κ3) is 4.51. The van der Waals surface area contributed by atoms with Crippen LogP contribution in [-0.4, -0.2) is 34.2 Å². The van der Waals surface area contributed by atoms with Crippen molar-refractivity contribution in [1.29, 1.82) is 0 Å². The van der Waals surface area contributed by atoms with Crippen molar-refractivity contribution >= 4 is 10.0 Å². The van der Waals surface area contributed by atoms with E-state index in [0.29, 0.717) is 11.4 Å². The highest BCUT2D eigenvalue weighted by molar-refractivity contribution is 7.89. The first-order chi connectivity index (χ1) is 10.0. The summed E-state index contributed by atoms with van der Waals surface area (Å²) in [7, 11) is -1.77. The van der Waals surface area contributed by atoms with Gasteiger partial charge in [0.1, 0.15) is 0 Å². The molecule has 118 valence electrons. The van der Waals surface area contributed by atoms with E-state index in [-0.39, 0.29) is 12.1 Å². The highest BCUT2D eigenvalue weighted by atomic mass is 32.2. The van der Waals surface area contributed by atoms with Crippen LogP contribution in [0.5, 0.6) is 0 Å². The topological polar surface area (TPSA) is 81.4 Å². The molecule has 0 heterocycles. The molecule has 1 saturated carbocycles. The number of aryl methyl sites for hydroxylation is 1. The summed E-state index contributed by atoms with van der Waals surface area (Å²) in [5.41, 5.74) is 6.58. The molecule has 3 N–H and O–H groups in total. The molecule has 1 aliphatic rings. The van der Waals surface area contributed by atoms with Gasteiger partial charge in [0.15, 0.2) is 0 Å². The average molecular weight is 312 g/mol. The number of nitrogens with two attached hydrogens (primary N) is 1. The molecule has 0 radical (unpaired) electrons. The maximum Gasteiger partial charge on any atom is 0.240 e. The van der Waals surface area contributed by atoms with Crippen molar-refractivity contribution in [3.8, 4) is 0 Å². The molecule has 1 aromatic carbocycles. The number of nitrogens with one attached hydrogen (secondary N) is 1. The summed E-state index contributed by atoms with van der Waals surface area (Å²) in [5, 5.41) is 0. The molecule has 1 fully saturated rings. The first-order valence-electron chi connectivity index (χ1n) is 7.39. The Morgan fingerprint density at radius 3 is 2.57 bits per heavy atom. The van der Waals surface area contributed by atoms with Crippen LogP contribution in [-0.2, 0) is 21.2 Å². The van der Waals surface area contributed by atoms with Gasteiger partial charge in [-0.3, -0.25) is 0 Å². The van der Waals surface area contributed by atoms with Gasteiger partial charge in [-0.25, -0.2) is 13.1 Å². The fraction of sp³-hybridized carbons (Fsp3) is 0.600. The summed E-state index contributed by atoms with van der Waals surface area (Å²) in [4.78, 5) is 0.319. The van der Waals surface area contributed by atoms with Gasteiger partial charge >= 0.3 is 0 Å². The molecule has 0 aromatic heterocycles. The fourth-order valence-electron chi connectivity index (χ4n) is 2.69. The van der Waals surface area contributed by atoms with Crippen molar-refractivity contribution < 1.29 is 13.2 Å². The summed E-state index contributed by atoms with van der Waals surface area (Å²) < 4.78 is 32.7. The highest BCUT2D eigenvalue weighted by Crippen LogP contribution is 2.23. The quantitative estimate of drug-likeness (QED) is 0.798. The van der Waals surface area contributed by atoms with Crippen LogP contribution in [0.4, 0.5) is 0 Å². The smallest absolute Gasteiger partial charge is 0.240 e. The predicted molar refractivity (Wildman–Crippen MR) is 82.6 cm³/mol. The molecule has 0 bridgehead atoms. The summed E-state index contributed by atoms with van der Waals surface area (Å²) in [6.07, 6.45) is 4.42. The zero-order chi connectivity index (χ0) is 15.3. The minimum absolute atomic E-state index is 0.0307. The van der Waals surface area contributed by atoms with Gasteiger partial charge in [-0.1, -0.05) is 12.1 Å². The van der Waals surface area contributed by atoms with E-state index in [9.17, 15) is 8.42 Å². The molecular formula is C15H24N2O3S. The number of benzene rings is 1. The maximum atomic E-state index is 12.3. The number of ether oxygens (including phenoxy) is 1. The van der Waals surface area contributed by atoms with E-state index in [4.69, 9.17) is 10.5 Å². The number of methoxy groups -OCH3 is 1. The van der Waals surface area contributed by atoms with Crippen LogP contribution in [0.2, 0.25) is 0 Å². The van der Waals surface area contributed by atoms with Gasteiger partial charge in [-0.15, -0.1) is 0 Å². The van der Waals surface area contributed by atoms with Gasteiger partial charge in [-0.05, 0) is 56.3 Å². The van der Waals surface area contributed by atoms with Crippen molar-refractivity contribution in [2.75, 3.05) is 13.7 Å².